The van der Waals surface area contributed by atoms with Crippen LogP contribution in [0.2, 0.25) is 0 Å². The van der Waals surface area contributed by atoms with Crippen molar-refractivity contribution in [3.8, 4) is 5.75 Å². The standard InChI is InChI=1S/C20H21F3N2O2S/c1-13-9-11-28-17(13)18-24-10-8-16(25(18)12-19(2,3)26)14-4-6-15(7-5-14)27-20(21,22)23/h4-11,18,26H,12H2,1-3H3. The van der Waals surface area contributed by atoms with Crippen LogP contribution in [0.1, 0.15) is 36.0 Å². The molecule has 4 nitrogen and oxygen atoms in total. The second kappa shape index (κ2) is 7.60. The Morgan fingerprint density at radius 2 is 1.86 bits per heavy atom. The van der Waals surface area contributed by atoms with Crippen LogP contribution in [0.5, 0.6) is 5.75 Å². The maximum absolute atomic E-state index is 12.4. The second-order valence-electron chi connectivity index (χ2n) is 7.20. The fraction of sp³-hybridized carbons (Fsp3) is 0.350. The Labute approximate surface area is 165 Å². The fourth-order valence-corrected chi connectivity index (χ4v) is 4.02. The molecule has 1 aromatic heterocycles. The molecule has 2 heterocycles. The van der Waals surface area contributed by atoms with E-state index in [0.29, 0.717) is 12.1 Å². The zero-order chi connectivity index (χ0) is 20.5. The van der Waals surface area contributed by atoms with Crippen LogP contribution in [-0.2, 0) is 0 Å². The molecule has 1 N–H and O–H groups in total. The van der Waals surface area contributed by atoms with Crippen molar-refractivity contribution >= 4 is 23.2 Å². The first-order chi connectivity index (χ1) is 13.0. The number of alkyl halides is 3. The van der Waals surface area contributed by atoms with Crippen LogP contribution in [-0.4, -0.2) is 34.7 Å². The lowest BCUT2D eigenvalue weighted by Crippen LogP contribution is -2.40. The third-order valence-electron chi connectivity index (χ3n) is 4.14. The highest BCUT2D eigenvalue weighted by Gasteiger charge is 2.32. The Morgan fingerprint density at radius 3 is 2.39 bits per heavy atom. The molecular formula is C20H21F3N2O2S. The molecule has 0 amide bonds. The van der Waals surface area contributed by atoms with Crippen LogP contribution in [0.3, 0.4) is 0 Å². The van der Waals surface area contributed by atoms with Gasteiger partial charge in [0.25, 0.3) is 0 Å². The van der Waals surface area contributed by atoms with E-state index < -0.39 is 12.0 Å². The summed E-state index contributed by atoms with van der Waals surface area (Å²) in [5, 5.41) is 12.4. The van der Waals surface area contributed by atoms with Crippen molar-refractivity contribution in [2.45, 2.75) is 38.9 Å². The number of nitrogens with zero attached hydrogens (tertiary/aromatic N) is 2. The molecule has 1 aliphatic rings. The number of aliphatic imine (C=N–C) groups is 1. The SMILES string of the molecule is Cc1ccsc1C1N=CC=C(c2ccc(OC(F)(F)F)cc2)N1CC(C)(C)O. The van der Waals surface area contributed by atoms with Gasteiger partial charge in [0.15, 0.2) is 6.17 Å². The van der Waals surface area contributed by atoms with Gasteiger partial charge >= 0.3 is 6.36 Å². The summed E-state index contributed by atoms with van der Waals surface area (Å²) in [6.07, 6.45) is -1.55. The molecular weight excluding hydrogens is 389 g/mol. The minimum absolute atomic E-state index is 0.277. The average molecular weight is 410 g/mol. The summed E-state index contributed by atoms with van der Waals surface area (Å²) in [4.78, 5) is 7.62. The summed E-state index contributed by atoms with van der Waals surface area (Å²) in [7, 11) is 0. The maximum atomic E-state index is 12.4. The third-order valence-corrected chi connectivity index (χ3v) is 5.20. The molecule has 0 saturated carbocycles. The van der Waals surface area contributed by atoms with E-state index >= 15 is 0 Å². The van der Waals surface area contributed by atoms with Crippen LogP contribution in [0.4, 0.5) is 13.2 Å². The molecule has 1 atom stereocenters. The van der Waals surface area contributed by atoms with Gasteiger partial charge in [0, 0.05) is 18.5 Å². The Balaban J connectivity index is 1.94. The molecule has 0 saturated heterocycles. The molecule has 150 valence electrons. The van der Waals surface area contributed by atoms with Gasteiger partial charge in [0.05, 0.1) is 10.5 Å². The van der Waals surface area contributed by atoms with Gasteiger partial charge in [-0.2, -0.15) is 0 Å². The molecule has 1 aliphatic heterocycles. The predicted octanol–water partition coefficient (Wildman–Crippen LogP) is 5.15. The van der Waals surface area contributed by atoms with Crippen molar-refractivity contribution in [2.24, 2.45) is 4.99 Å². The summed E-state index contributed by atoms with van der Waals surface area (Å²) < 4.78 is 41.2. The van der Waals surface area contributed by atoms with Crippen molar-refractivity contribution in [3.63, 3.8) is 0 Å². The number of aliphatic hydroxyl groups is 1. The molecule has 1 aromatic carbocycles. The molecule has 0 aliphatic carbocycles. The number of rotatable bonds is 5. The van der Waals surface area contributed by atoms with Crippen molar-refractivity contribution in [3.05, 3.63) is 57.8 Å². The van der Waals surface area contributed by atoms with E-state index in [1.54, 1.807) is 49.6 Å². The highest BCUT2D eigenvalue weighted by molar-refractivity contribution is 7.10. The minimum Gasteiger partial charge on any atom is -0.406 e. The van der Waals surface area contributed by atoms with Crippen LogP contribution < -0.4 is 4.74 Å². The predicted molar refractivity (Wildman–Crippen MR) is 104 cm³/mol. The Morgan fingerprint density at radius 1 is 1.18 bits per heavy atom. The number of hydrogen-bond donors (Lipinski definition) is 1. The highest BCUT2D eigenvalue weighted by atomic mass is 32.1. The first-order valence-corrected chi connectivity index (χ1v) is 9.54. The van der Waals surface area contributed by atoms with Gasteiger partial charge in [-0.15, -0.1) is 24.5 Å². The van der Waals surface area contributed by atoms with Crippen LogP contribution in [0, 0.1) is 6.92 Å². The van der Waals surface area contributed by atoms with E-state index in [1.165, 1.54) is 12.1 Å². The van der Waals surface area contributed by atoms with E-state index in [4.69, 9.17) is 0 Å². The number of thiophene rings is 1. The molecule has 0 bridgehead atoms. The van der Waals surface area contributed by atoms with Crippen molar-refractivity contribution in [1.29, 1.82) is 0 Å². The van der Waals surface area contributed by atoms with Gasteiger partial charge in [-0.3, -0.25) is 4.99 Å². The lowest BCUT2D eigenvalue weighted by molar-refractivity contribution is -0.274. The summed E-state index contributed by atoms with van der Waals surface area (Å²) >= 11 is 1.58. The van der Waals surface area contributed by atoms with Gasteiger partial charge in [0.1, 0.15) is 5.75 Å². The van der Waals surface area contributed by atoms with Gasteiger partial charge < -0.3 is 14.7 Å². The molecule has 0 radical (unpaired) electrons. The number of hydrogen-bond acceptors (Lipinski definition) is 5. The molecule has 28 heavy (non-hydrogen) atoms. The van der Waals surface area contributed by atoms with Gasteiger partial charge in [-0.05, 0) is 73.7 Å². The van der Waals surface area contributed by atoms with Crippen LogP contribution >= 0.6 is 11.3 Å². The molecule has 8 heteroatoms. The Bertz CT molecular complexity index is 880. The monoisotopic (exact) mass is 410 g/mol. The zero-order valence-electron chi connectivity index (χ0n) is 15.7. The quantitative estimate of drug-likeness (QED) is 0.741. The van der Waals surface area contributed by atoms with E-state index in [9.17, 15) is 18.3 Å². The molecule has 0 spiro atoms. The molecule has 3 rings (SSSR count). The molecule has 2 aromatic rings. The largest absolute Gasteiger partial charge is 0.573 e. The number of allylic oxidation sites excluding steroid dienone is 1. The minimum atomic E-state index is -4.73. The molecule has 0 fully saturated rings. The topological polar surface area (TPSA) is 45.1 Å². The first kappa shape index (κ1) is 20.4. The van der Waals surface area contributed by atoms with Gasteiger partial charge in [-0.25, -0.2) is 0 Å². The van der Waals surface area contributed by atoms with Gasteiger partial charge in [0.2, 0.25) is 0 Å². The average Bonchev–Trinajstić information content (AvgIpc) is 2.99. The highest BCUT2D eigenvalue weighted by Crippen LogP contribution is 2.38. The van der Waals surface area contributed by atoms with E-state index in [0.717, 1.165) is 16.1 Å². The zero-order valence-corrected chi connectivity index (χ0v) is 16.5. The number of halogens is 3. The smallest absolute Gasteiger partial charge is 0.406 e. The summed E-state index contributed by atoms with van der Waals surface area (Å²) in [6, 6.07) is 7.72. The third kappa shape index (κ3) is 4.94. The number of benzene rings is 1. The van der Waals surface area contributed by atoms with Crippen LogP contribution in [0.15, 0.2) is 46.8 Å². The molecule has 1 unspecified atom stereocenters. The maximum Gasteiger partial charge on any atom is 0.573 e. The summed E-state index contributed by atoms with van der Waals surface area (Å²) in [5.41, 5.74) is 1.59. The summed E-state index contributed by atoms with van der Waals surface area (Å²) in [5.74, 6) is -0.277. The lowest BCUT2D eigenvalue weighted by atomic mass is 10.0. The number of β-amino-alcohol motifs (C(OH)–C–C–N with tert-alkyl or cyclic N) is 1. The van der Waals surface area contributed by atoms with Crippen molar-refractivity contribution in [1.82, 2.24) is 4.90 Å². The van der Waals surface area contributed by atoms with Crippen molar-refractivity contribution in [2.75, 3.05) is 6.54 Å². The number of ether oxygens (including phenoxy) is 1. The number of aryl methyl sites for hydroxylation is 1. The second-order valence-corrected chi connectivity index (χ2v) is 8.15. The Kier molecular flexibility index (Phi) is 5.54. The van der Waals surface area contributed by atoms with Crippen molar-refractivity contribution < 1.29 is 23.0 Å². The van der Waals surface area contributed by atoms with Gasteiger partial charge in [-0.1, -0.05) is 0 Å². The van der Waals surface area contributed by atoms with E-state index in [2.05, 4.69) is 9.73 Å². The van der Waals surface area contributed by atoms with Crippen LogP contribution in [0.25, 0.3) is 5.70 Å². The Hall–Kier alpha value is -2.32. The first-order valence-electron chi connectivity index (χ1n) is 8.66. The normalized spacial score (nSPS) is 17.6. The fourth-order valence-electron chi connectivity index (χ4n) is 3.04. The lowest BCUT2D eigenvalue weighted by Gasteiger charge is -2.38. The summed E-state index contributed by atoms with van der Waals surface area (Å²) in [6.45, 7) is 5.73. The van der Waals surface area contributed by atoms with E-state index in [-0.39, 0.29) is 11.9 Å². The van der Waals surface area contributed by atoms with E-state index in [1.807, 2.05) is 23.3 Å².